The first-order valence-electron chi connectivity index (χ1n) is 6.40. The van der Waals surface area contributed by atoms with E-state index in [4.69, 9.17) is 11.6 Å². The maximum absolute atomic E-state index is 12.7. The molecule has 0 N–H and O–H groups in total. The zero-order chi connectivity index (χ0) is 13.9. The molecule has 0 aliphatic carbocycles. The number of thioether (sulfide) groups is 1. The highest BCUT2D eigenvalue weighted by atomic mass is 35.5. The predicted octanol–water partition coefficient (Wildman–Crippen LogP) is 3.88. The predicted molar refractivity (Wildman–Crippen MR) is 82.7 cm³/mol. The number of aromatic nitrogens is 1. The number of hydrogen-bond acceptors (Lipinski definition) is 3. The van der Waals surface area contributed by atoms with Crippen molar-refractivity contribution in [3.05, 3.63) is 53.3 Å². The number of fused-ring (bicyclic) bond motifs is 1. The minimum absolute atomic E-state index is 0.0626. The number of nitrogens with zero attached hydrogens (tertiary/aromatic N) is 2. The summed E-state index contributed by atoms with van der Waals surface area (Å²) in [5, 5.41) is 0.395. The van der Waals surface area contributed by atoms with Crippen LogP contribution >= 0.6 is 23.4 Å². The van der Waals surface area contributed by atoms with Gasteiger partial charge >= 0.3 is 0 Å². The van der Waals surface area contributed by atoms with Crippen molar-refractivity contribution in [1.82, 2.24) is 4.98 Å². The second kappa shape index (κ2) is 5.85. The summed E-state index contributed by atoms with van der Waals surface area (Å²) in [6.45, 7) is 0.710. The number of carbonyl (C=O) groups is 1. The summed E-state index contributed by atoms with van der Waals surface area (Å²) < 4.78 is 0. The average Bonchev–Trinajstić information content (AvgIpc) is 2.69. The first-order chi connectivity index (χ1) is 9.77. The largest absolute Gasteiger partial charge is 0.307 e. The monoisotopic (exact) mass is 304 g/mol. The van der Waals surface area contributed by atoms with Gasteiger partial charge in [-0.1, -0.05) is 23.7 Å². The van der Waals surface area contributed by atoms with Crippen LogP contribution in [-0.4, -0.2) is 23.2 Å². The van der Waals surface area contributed by atoms with Crippen molar-refractivity contribution >= 4 is 35.0 Å². The van der Waals surface area contributed by atoms with E-state index in [0.29, 0.717) is 17.1 Å². The highest BCUT2D eigenvalue weighted by molar-refractivity contribution is 7.99. The van der Waals surface area contributed by atoms with E-state index in [2.05, 4.69) is 11.1 Å². The number of hydrogen-bond donors (Lipinski definition) is 0. The lowest BCUT2D eigenvalue weighted by Gasteiger charge is -2.22. The van der Waals surface area contributed by atoms with Crippen molar-refractivity contribution in [2.75, 3.05) is 17.2 Å². The lowest BCUT2D eigenvalue weighted by atomic mass is 10.2. The minimum Gasteiger partial charge on any atom is -0.307 e. The second-order valence-corrected chi connectivity index (χ2v) is 6.03. The van der Waals surface area contributed by atoms with E-state index in [9.17, 15) is 4.79 Å². The number of amides is 1. The Kier molecular flexibility index (Phi) is 3.94. The zero-order valence-corrected chi connectivity index (χ0v) is 12.3. The van der Waals surface area contributed by atoms with E-state index in [1.807, 2.05) is 23.1 Å². The van der Waals surface area contributed by atoms with Gasteiger partial charge in [0, 0.05) is 23.8 Å². The Bertz CT molecular complexity index is 647. The molecule has 3 nitrogen and oxygen atoms in total. The molecule has 20 heavy (non-hydrogen) atoms. The van der Waals surface area contributed by atoms with Gasteiger partial charge in [-0.15, -0.1) is 11.8 Å². The highest BCUT2D eigenvalue weighted by Crippen LogP contribution is 2.34. The zero-order valence-electron chi connectivity index (χ0n) is 10.8. The minimum atomic E-state index is -0.0626. The van der Waals surface area contributed by atoms with Gasteiger partial charge in [-0.2, -0.15) is 0 Å². The SMILES string of the molecule is O=C(c1ccncc1Cl)N1CCCSc2ccccc21. The number of halogens is 1. The lowest BCUT2D eigenvalue weighted by molar-refractivity contribution is 0.0986. The quantitative estimate of drug-likeness (QED) is 0.801. The molecule has 0 saturated carbocycles. The molecule has 0 bridgehead atoms. The van der Waals surface area contributed by atoms with Crippen molar-refractivity contribution in [2.24, 2.45) is 0 Å². The van der Waals surface area contributed by atoms with Gasteiger partial charge in [-0.05, 0) is 30.4 Å². The van der Waals surface area contributed by atoms with Crippen molar-refractivity contribution in [3.8, 4) is 0 Å². The fraction of sp³-hybridized carbons (Fsp3) is 0.200. The summed E-state index contributed by atoms with van der Waals surface area (Å²) in [4.78, 5) is 19.6. The van der Waals surface area contributed by atoms with Crippen LogP contribution in [0.5, 0.6) is 0 Å². The van der Waals surface area contributed by atoms with Gasteiger partial charge in [0.2, 0.25) is 0 Å². The Morgan fingerprint density at radius 3 is 3.00 bits per heavy atom. The highest BCUT2D eigenvalue weighted by Gasteiger charge is 2.23. The number of pyridine rings is 1. The molecule has 5 heteroatoms. The maximum atomic E-state index is 12.7. The van der Waals surface area contributed by atoms with Crippen LogP contribution < -0.4 is 4.90 Å². The normalized spacial score (nSPS) is 14.6. The molecule has 1 aromatic heterocycles. The summed E-state index contributed by atoms with van der Waals surface area (Å²) in [5.74, 6) is 0.956. The molecule has 0 spiro atoms. The van der Waals surface area contributed by atoms with Gasteiger partial charge in [0.05, 0.1) is 16.3 Å². The number of para-hydroxylation sites is 1. The van der Waals surface area contributed by atoms with E-state index in [0.717, 1.165) is 22.8 Å². The first-order valence-corrected chi connectivity index (χ1v) is 7.77. The number of benzene rings is 1. The Morgan fingerprint density at radius 1 is 1.30 bits per heavy atom. The Balaban J connectivity index is 2.02. The van der Waals surface area contributed by atoms with Crippen LogP contribution in [0.1, 0.15) is 16.8 Å². The van der Waals surface area contributed by atoms with Gasteiger partial charge in [0.15, 0.2) is 0 Å². The molecule has 2 heterocycles. The van der Waals surface area contributed by atoms with E-state index in [-0.39, 0.29) is 5.91 Å². The van der Waals surface area contributed by atoms with Gasteiger partial charge in [0.25, 0.3) is 5.91 Å². The standard InChI is InChI=1S/C15H13ClN2OS/c16-12-10-17-7-6-11(12)15(19)18-8-3-9-20-14-5-2-1-4-13(14)18/h1-2,4-7,10H,3,8-9H2. The van der Waals surface area contributed by atoms with Crippen LogP contribution in [0.2, 0.25) is 5.02 Å². The van der Waals surface area contributed by atoms with Crippen LogP contribution in [0.15, 0.2) is 47.6 Å². The number of anilines is 1. The summed E-state index contributed by atoms with van der Waals surface area (Å²) >= 11 is 7.88. The summed E-state index contributed by atoms with van der Waals surface area (Å²) in [5.41, 5.74) is 1.47. The van der Waals surface area contributed by atoms with E-state index >= 15 is 0 Å². The third-order valence-corrected chi connectivity index (χ3v) is 4.64. The van der Waals surface area contributed by atoms with Crippen molar-refractivity contribution in [2.45, 2.75) is 11.3 Å². The van der Waals surface area contributed by atoms with Crippen molar-refractivity contribution in [3.63, 3.8) is 0 Å². The third-order valence-electron chi connectivity index (χ3n) is 3.19. The van der Waals surface area contributed by atoms with E-state index < -0.39 is 0 Å². The smallest absolute Gasteiger partial charge is 0.259 e. The fourth-order valence-corrected chi connectivity index (χ4v) is 3.43. The van der Waals surface area contributed by atoms with Crippen LogP contribution in [0.25, 0.3) is 0 Å². The third kappa shape index (κ3) is 2.53. The van der Waals surface area contributed by atoms with E-state index in [1.165, 1.54) is 6.20 Å². The maximum Gasteiger partial charge on any atom is 0.259 e. The molecule has 102 valence electrons. The van der Waals surface area contributed by atoms with Gasteiger partial charge in [-0.25, -0.2) is 0 Å². The van der Waals surface area contributed by atoms with Crippen molar-refractivity contribution < 1.29 is 4.79 Å². The molecule has 0 atom stereocenters. The molecule has 0 fully saturated rings. The molecule has 2 aromatic rings. The van der Waals surface area contributed by atoms with Gasteiger partial charge in [0.1, 0.15) is 0 Å². The lowest BCUT2D eigenvalue weighted by Crippen LogP contribution is -2.32. The van der Waals surface area contributed by atoms with Gasteiger partial charge < -0.3 is 4.90 Å². The molecule has 3 rings (SSSR count). The van der Waals surface area contributed by atoms with Crippen LogP contribution in [0, 0.1) is 0 Å². The molecule has 1 aliphatic rings. The molecule has 0 saturated heterocycles. The molecule has 1 aromatic carbocycles. The Hall–Kier alpha value is -1.52. The molecular weight excluding hydrogens is 292 g/mol. The average molecular weight is 305 g/mol. The van der Waals surface area contributed by atoms with Crippen LogP contribution in [0.3, 0.4) is 0 Å². The van der Waals surface area contributed by atoms with Gasteiger partial charge in [-0.3, -0.25) is 9.78 Å². The fourth-order valence-electron chi connectivity index (χ4n) is 2.23. The second-order valence-electron chi connectivity index (χ2n) is 4.48. The molecule has 0 radical (unpaired) electrons. The molecule has 0 unspecified atom stereocenters. The molecular formula is C15H13ClN2OS. The topological polar surface area (TPSA) is 33.2 Å². The summed E-state index contributed by atoms with van der Waals surface area (Å²) in [7, 11) is 0. The molecule has 1 aliphatic heterocycles. The number of rotatable bonds is 1. The van der Waals surface area contributed by atoms with E-state index in [1.54, 1.807) is 24.0 Å². The summed E-state index contributed by atoms with van der Waals surface area (Å²) in [6, 6.07) is 9.67. The van der Waals surface area contributed by atoms with Crippen LogP contribution in [-0.2, 0) is 0 Å². The van der Waals surface area contributed by atoms with Crippen LogP contribution in [0.4, 0.5) is 5.69 Å². The first kappa shape index (κ1) is 13.5. The Labute approximate surface area is 127 Å². The van der Waals surface area contributed by atoms with Crippen molar-refractivity contribution in [1.29, 1.82) is 0 Å². The summed E-state index contributed by atoms with van der Waals surface area (Å²) in [6.07, 6.45) is 4.07. The molecule has 1 amide bonds. The Morgan fingerprint density at radius 2 is 2.15 bits per heavy atom. The number of carbonyl (C=O) groups excluding carboxylic acids is 1.